The average Bonchev–Trinajstić information content (AvgIpc) is 3.34. The maximum atomic E-state index is 11.4. The fourth-order valence-electron chi connectivity index (χ4n) is 1.54. The van der Waals surface area contributed by atoms with Gasteiger partial charge in [0.15, 0.2) is 5.11 Å². The Hall–Kier alpha value is -1.80. The first-order chi connectivity index (χ1) is 10.6. The first kappa shape index (κ1) is 16.6. The molecule has 0 heterocycles. The van der Waals surface area contributed by atoms with Crippen LogP contribution in [0.15, 0.2) is 35.2 Å². The number of hydrogen-bond acceptors (Lipinski definition) is 4. The molecule has 6 nitrogen and oxygen atoms in total. The largest absolute Gasteiger partial charge is 0.361 e. The van der Waals surface area contributed by atoms with Crippen LogP contribution in [-0.2, 0) is 9.59 Å². The summed E-state index contributed by atoms with van der Waals surface area (Å²) in [6.07, 6.45) is 1.87. The molecule has 0 saturated heterocycles. The highest BCUT2D eigenvalue weighted by atomic mass is 32.2. The molecule has 2 rings (SSSR count). The van der Waals surface area contributed by atoms with Crippen molar-refractivity contribution in [2.75, 3.05) is 12.3 Å². The van der Waals surface area contributed by atoms with Gasteiger partial charge in [-0.3, -0.25) is 20.4 Å². The Labute approximate surface area is 138 Å². The summed E-state index contributed by atoms with van der Waals surface area (Å²) < 4.78 is 0. The lowest BCUT2D eigenvalue weighted by molar-refractivity contribution is -0.139. The van der Waals surface area contributed by atoms with E-state index in [1.165, 1.54) is 4.90 Å². The van der Waals surface area contributed by atoms with Gasteiger partial charge in [-0.05, 0) is 37.2 Å². The quantitative estimate of drug-likeness (QED) is 0.206. The smallest absolute Gasteiger partial charge is 0.327 e. The minimum Gasteiger partial charge on any atom is -0.361 e. The van der Waals surface area contributed by atoms with E-state index in [4.69, 9.17) is 12.2 Å². The van der Waals surface area contributed by atoms with Gasteiger partial charge in [-0.25, -0.2) is 0 Å². The Bertz CT molecular complexity index is 535. The molecule has 2 amide bonds. The minimum absolute atomic E-state index is 0.151. The molecule has 0 atom stereocenters. The van der Waals surface area contributed by atoms with E-state index in [-0.39, 0.29) is 11.2 Å². The predicted octanol–water partition coefficient (Wildman–Crippen LogP) is 0.553. The van der Waals surface area contributed by atoms with Crippen molar-refractivity contribution in [2.24, 2.45) is 0 Å². The van der Waals surface area contributed by atoms with Crippen molar-refractivity contribution in [2.45, 2.75) is 23.8 Å². The first-order valence-electron chi connectivity index (χ1n) is 6.97. The fraction of sp³-hybridized carbons (Fsp3) is 0.357. The molecule has 0 unspecified atom stereocenters. The maximum Gasteiger partial charge on any atom is 0.327 e. The molecule has 1 saturated carbocycles. The highest BCUT2D eigenvalue weighted by Gasteiger charge is 2.26. The molecule has 0 aromatic heterocycles. The summed E-state index contributed by atoms with van der Waals surface area (Å²) in [6, 6.07) is 10.2. The van der Waals surface area contributed by atoms with Gasteiger partial charge in [-0.1, -0.05) is 18.2 Å². The van der Waals surface area contributed by atoms with Crippen LogP contribution in [0.1, 0.15) is 12.8 Å². The van der Waals surface area contributed by atoms with E-state index in [9.17, 15) is 9.59 Å². The molecule has 0 bridgehead atoms. The lowest BCUT2D eigenvalue weighted by Crippen LogP contribution is -2.51. The first-order valence-corrected chi connectivity index (χ1v) is 8.37. The Morgan fingerprint density at radius 2 is 1.86 bits per heavy atom. The molecule has 8 heteroatoms. The van der Waals surface area contributed by atoms with Crippen LogP contribution in [0.4, 0.5) is 0 Å². The highest BCUT2D eigenvalue weighted by molar-refractivity contribution is 7.99. The molecule has 118 valence electrons. The van der Waals surface area contributed by atoms with Crippen molar-refractivity contribution >= 4 is 40.9 Å². The summed E-state index contributed by atoms with van der Waals surface area (Å²) in [5.74, 6) is -0.547. The number of nitrogens with one attached hydrogen (secondary N) is 4. The van der Waals surface area contributed by atoms with E-state index in [1.54, 1.807) is 11.8 Å². The SMILES string of the molecule is O=C(NNC(=S)NCCSc1ccccc1)C(=O)NC1CC1. The summed E-state index contributed by atoms with van der Waals surface area (Å²) in [4.78, 5) is 24.0. The predicted molar refractivity (Wildman–Crippen MR) is 90.2 cm³/mol. The molecule has 1 fully saturated rings. The van der Waals surface area contributed by atoms with Crippen molar-refractivity contribution in [1.82, 2.24) is 21.5 Å². The molecule has 0 spiro atoms. The molecule has 0 radical (unpaired) electrons. The van der Waals surface area contributed by atoms with Gasteiger partial charge in [0.1, 0.15) is 0 Å². The standard InChI is InChI=1S/C14H18N4O2S2/c19-12(16-10-6-7-10)13(20)17-18-14(21)15-8-9-22-11-4-2-1-3-5-11/h1-5,10H,6-9H2,(H,16,19)(H,17,20)(H2,15,18,21). The normalized spacial score (nSPS) is 13.1. The second-order valence-electron chi connectivity index (χ2n) is 4.74. The van der Waals surface area contributed by atoms with Gasteiger partial charge < -0.3 is 10.6 Å². The van der Waals surface area contributed by atoms with Crippen LogP contribution in [0.5, 0.6) is 0 Å². The number of thiocarbonyl (C=S) groups is 1. The third-order valence-corrected chi connectivity index (χ3v) is 4.07. The van der Waals surface area contributed by atoms with E-state index in [0.29, 0.717) is 6.54 Å². The lowest BCUT2D eigenvalue weighted by Gasteiger charge is -2.11. The van der Waals surface area contributed by atoms with Gasteiger partial charge in [0.2, 0.25) is 0 Å². The Morgan fingerprint density at radius 3 is 2.55 bits per heavy atom. The van der Waals surface area contributed by atoms with Crippen molar-refractivity contribution in [1.29, 1.82) is 0 Å². The Kier molecular flexibility index (Phi) is 6.47. The second kappa shape index (κ2) is 8.60. The van der Waals surface area contributed by atoms with Crippen molar-refractivity contribution < 1.29 is 9.59 Å². The van der Waals surface area contributed by atoms with E-state index in [2.05, 4.69) is 21.5 Å². The number of thioether (sulfide) groups is 1. The number of carbonyl (C=O) groups excluding carboxylic acids is 2. The topological polar surface area (TPSA) is 82.3 Å². The number of carbonyl (C=O) groups is 2. The van der Waals surface area contributed by atoms with E-state index in [0.717, 1.165) is 18.6 Å². The van der Waals surface area contributed by atoms with Gasteiger partial charge in [-0.15, -0.1) is 11.8 Å². The second-order valence-corrected chi connectivity index (χ2v) is 6.32. The molecular formula is C14H18N4O2S2. The number of benzene rings is 1. The molecular weight excluding hydrogens is 320 g/mol. The van der Waals surface area contributed by atoms with Crippen LogP contribution < -0.4 is 21.5 Å². The highest BCUT2D eigenvalue weighted by Crippen LogP contribution is 2.18. The third kappa shape index (κ3) is 6.31. The van der Waals surface area contributed by atoms with E-state index >= 15 is 0 Å². The van der Waals surface area contributed by atoms with Gasteiger partial charge in [-0.2, -0.15) is 0 Å². The van der Waals surface area contributed by atoms with Gasteiger partial charge in [0.05, 0.1) is 0 Å². The van der Waals surface area contributed by atoms with Gasteiger partial charge in [0.25, 0.3) is 0 Å². The molecule has 22 heavy (non-hydrogen) atoms. The zero-order valence-electron chi connectivity index (χ0n) is 11.9. The summed E-state index contributed by atoms with van der Waals surface area (Å²) in [5.41, 5.74) is 4.77. The van der Waals surface area contributed by atoms with Crippen LogP contribution in [0.3, 0.4) is 0 Å². The minimum atomic E-state index is -0.741. The fourth-order valence-corrected chi connectivity index (χ4v) is 2.49. The van der Waals surface area contributed by atoms with Crippen LogP contribution in [0.25, 0.3) is 0 Å². The molecule has 1 aromatic rings. The number of hydrogen-bond donors (Lipinski definition) is 4. The molecule has 1 aliphatic rings. The zero-order valence-corrected chi connectivity index (χ0v) is 13.6. The van der Waals surface area contributed by atoms with Crippen molar-refractivity contribution in [3.8, 4) is 0 Å². The van der Waals surface area contributed by atoms with Gasteiger partial charge >= 0.3 is 11.8 Å². The Morgan fingerprint density at radius 1 is 1.14 bits per heavy atom. The summed E-state index contributed by atoms with van der Waals surface area (Å²) >= 11 is 6.72. The third-order valence-electron chi connectivity index (χ3n) is 2.81. The van der Waals surface area contributed by atoms with Crippen molar-refractivity contribution in [3.63, 3.8) is 0 Å². The monoisotopic (exact) mass is 338 g/mol. The summed E-state index contributed by atoms with van der Waals surface area (Å²) in [5, 5.41) is 5.82. The van der Waals surface area contributed by atoms with Crippen LogP contribution in [0.2, 0.25) is 0 Å². The number of hydrazine groups is 1. The van der Waals surface area contributed by atoms with E-state index < -0.39 is 11.8 Å². The van der Waals surface area contributed by atoms with E-state index in [1.807, 2.05) is 30.3 Å². The lowest BCUT2D eigenvalue weighted by atomic mass is 10.4. The average molecular weight is 338 g/mol. The summed E-state index contributed by atoms with van der Waals surface area (Å²) in [7, 11) is 0. The summed E-state index contributed by atoms with van der Waals surface area (Å²) in [6.45, 7) is 0.648. The number of amides is 2. The van der Waals surface area contributed by atoms with Crippen LogP contribution in [-0.4, -0.2) is 35.3 Å². The molecule has 0 aliphatic heterocycles. The zero-order chi connectivity index (χ0) is 15.8. The van der Waals surface area contributed by atoms with Crippen LogP contribution >= 0.6 is 24.0 Å². The number of rotatable bonds is 5. The molecule has 4 N–H and O–H groups in total. The molecule has 1 aromatic carbocycles. The maximum absolute atomic E-state index is 11.4. The Balaban J connectivity index is 1.53. The molecule has 1 aliphatic carbocycles. The van der Waals surface area contributed by atoms with Crippen LogP contribution in [0, 0.1) is 0 Å². The van der Waals surface area contributed by atoms with Crippen molar-refractivity contribution in [3.05, 3.63) is 30.3 Å². The van der Waals surface area contributed by atoms with Gasteiger partial charge in [0, 0.05) is 23.2 Å².